The Morgan fingerprint density at radius 1 is 0.900 bits per heavy atom. The summed E-state index contributed by atoms with van der Waals surface area (Å²) in [4.78, 5) is 0. The van der Waals surface area contributed by atoms with Gasteiger partial charge in [-0.3, -0.25) is 0 Å². The Morgan fingerprint density at radius 2 is 1.30 bits per heavy atom. The molecule has 0 radical (unpaired) electrons. The zero-order chi connectivity index (χ0) is 7.40. The maximum Gasteiger partial charge on any atom is 0.0119 e. The molecule has 0 unspecified atom stereocenters. The van der Waals surface area contributed by atoms with Crippen molar-refractivity contribution in [3.05, 3.63) is 35.7 Å². The summed E-state index contributed by atoms with van der Waals surface area (Å²) in [6.07, 6.45) is 9.46. The van der Waals surface area contributed by atoms with E-state index < -0.39 is 0 Å². The van der Waals surface area contributed by atoms with Crippen molar-refractivity contribution in [2.45, 2.75) is 12.8 Å². The Hall–Kier alpha value is -1.18. The number of hydrogen-bond donors (Lipinski definition) is 2. The summed E-state index contributed by atoms with van der Waals surface area (Å²) in [5, 5.41) is 0. The first kappa shape index (κ1) is 6.93. The van der Waals surface area contributed by atoms with Crippen molar-refractivity contribution in [3.63, 3.8) is 0 Å². The lowest BCUT2D eigenvalue weighted by atomic mass is 10.2. The molecule has 0 heterocycles. The lowest BCUT2D eigenvalue weighted by molar-refractivity contribution is 1.09. The van der Waals surface area contributed by atoms with E-state index in [2.05, 4.69) is 0 Å². The van der Waals surface area contributed by atoms with Gasteiger partial charge in [-0.25, -0.2) is 0 Å². The zero-order valence-electron chi connectivity index (χ0n) is 5.88. The van der Waals surface area contributed by atoms with Crippen LogP contribution in [0.1, 0.15) is 12.8 Å². The molecular weight excluding hydrogens is 124 g/mol. The minimum Gasteiger partial charge on any atom is -0.402 e. The van der Waals surface area contributed by atoms with Gasteiger partial charge in [-0.2, -0.15) is 0 Å². The number of nitrogens with two attached hydrogens (primary N) is 2. The van der Waals surface area contributed by atoms with Crippen LogP contribution in [0, 0.1) is 0 Å². The van der Waals surface area contributed by atoms with Crippen LogP contribution in [0.15, 0.2) is 35.7 Å². The van der Waals surface area contributed by atoms with E-state index >= 15 is 0 Å². The number of hydrogen-bond acceptors (Lipinski definition) is 2. The second kappa shape index (κ2) is 3.11. The molecule has 0 atom stereocenters. The molecule has 1 aliphatic rings. The summed E-state index contributed by atoms with van der Waals surface area (Å²) < 4.78 is 0. The Labute approximate surface area is 60.9 Å². The Kier molecular flexibility index (Phi) is 2.15. The molecule has 0 aromatic rings. The molecule has 0 spiro atoms. The van der Waals surface area contributed by atoms with Crippen molar-refractivity contribution in [1.29, 1.82) is 0 Å². The van der Waals surface area contributed by atoms with Gasteiger partial charge in [-0.1, -0.05) is 12.2 Å². The van der Waals surface area contributed by atoms with Crippen molar-refractivity contribution >= 4 is 0 Å². The molecule has 0 aliphatic heterocycles. The van der Waals surface area contributed by atoms with Gasteiger partial charge in [0.15, 0.2) is 0 Å². The maximum atomic E-state index is 5.58. The highest BCUT2D eigenvalue weighted by atomic mass is 14.6. The predicted molar refractivity (Wildman–Crippen MR) is 42.9 cm³/mol. The smallest absolute Gasteiger partial charge is 0.0119 e. The third-order valence-corrected chi connectivity index (χ3v) is 1.39. The van der Waals surface area contributed by atoms with Gasteiger partial charge in [0.1, 0.15) is 0 Å². The quantitative estimate of drug-likeness (QED) is 0.488. The van der Waals surface area contributed by atoms with E-state index in [9.17, 15) is 0 Å². The molecule has 0 aromatic heterocycles. The SMILES string of the molecule is N/C1=C\C=C(/N)C/C=C\C1. The highest BCUT2D eigenvalue weighted by Crippen LogP contribution is 2.03. The first-order valence-electron chi connectivity index (χ1n) is 3.34. The lowest BCUT2D eigenvalue weighted by Gasteiger charge is -1.99. The predicted octanol–water partition coefficient (Wildman–Crippen LogP) is 1.02. The molecular formula is C8H12N2. The highest BCUT2D eigenvalue weighted by molar-refractivity contribution is 5.20. The van der Waals surface area contributed by atoms with Crippen molar-refractivity contribution < 1.29 is 0 Å². The molecule has 2 heteroatoms. The van der Waals surface area contributed by atoms with Gasteiger partial charge < -0.3 is 11.5 Å². The molecule has 0 amide bonds. The average molecular weight is 136 g/mol. The van der Waals surface area contributed by atoms with Crippen LogP contribution in [0.4, 0.5) is 0 Å². The van der Waals surface area contributed by atoms with Gasteiger partial charge in [0.2, 0.25) is 0 Å². The van der Waals surface area contributed by atoms with Gasteiger partial charge >= 0.3 is 0 Å². The summed E-state index contributed by atoms with van der Waals surface area (Å²) in [6.45, 7) is 0. The second-order valence-electron chi connectivity index (χ2n) is 2.36. The van der Waals surface area contributed by atoms with E-state index in [1.165, 1.54) is 0 Å². The maximum absolute atomic E-state index is 5.58. The van der Waals surface area contributed by atoms with Crippen LogP contribution in [0.25, 0.3) is 0 Å². The molecule has 4 N–H and O–H groups in total. The third kappa shape index (κ3) is 1.97. The van der Waals surface area contributed by atoms with E-state index in [0.29, 0.717) is 0 Å². The first-order chi connectivity index (χ1) is 4.79. The minimum absolute atomic E-state index is 0.837. The molecule has 1 rings (SSSR count). The van der Waals surface area contributed by atoms with Crippen LogP contribution in [0.2, 0.25) is 0 Å². The first-order valence-corrected chi connectivity index (χ1v) is 3.34. The van der Waals surface area contributed by atoms with Gasteiger partial charge in [0.25, 0.3) is 0 Å². The average Bonchev–Trinajstić information content (AvgIpc) is 1.90. The van der Waals surface area contributed by atoms with E-state index in [-0.39, 0.29) is 0 Å². The molecule has 0 saturated heterocycles. The van der Waals surface area contributed by atoms with E-state index in [1.807, 2.05) is 24.3 Å². The fourth-order valence-corrected chi connectivity index (χ4v) is 0.789. The largest absolute Gasteiger partial charge is 0.402 e. The molecule has 2 nitrogen and oxygen atoms in total. The van der Waals surface area contributed by atoms with Crippen molar-refractivity contribution in [3.8, 4) is 0 Å². The summed E-state index contributed by atoms with van der Waals surface area (Å²) in [5.74, 6) is 0. The monoisotopic (exact) mass is 136 g/mol. The van der Waals surface area contributed by atoms with Gasteiger partial charge in [-0.05, 0) is 12.2 Å². The van der Waals surface area contributed by atoms with Crippen LogP contribution in [-0.2, 0) is 0 Å². The van der Waals surface area contributed by atoms with Crippen LogP contribution < -0.4 is 11.5 Å². The molecule has 0 aromatic carbocycles. The van der Waals surface area contributed by atoms with E-state index in [4.69, 9.17) is 11.5 Å². The molecule has 10 heavy (non-hydrogen) atoms. The third-order valence-electron chi connectivity index (χ3n) is 1.39. The Morgan fingerprint density at radius 3 is 1.70 bits per heavy atom. The standard InChI is InChI=1S/C8H12N2/c9-7-3-1-2-4-8(10)6-5-7/h1-2,5-6H,3-4,9-10H2/b2-1-,7-5-,8-6-. The normalized spacial score (nSPS) is 32.4. The van der Waals surface area contributed by atoms with Crippen LogP contribution in [0.3, 0.4) is 0 Å². The summed E-state index contributed by atoms with van der Waals surface area (Å²) in [7, 11) is 0. The fraction of sp³-hybridized carbons (Fsp3) is 0.250. The van der Waals surface area contributed by atoms with Crippen LogP contribution in [0.5, 0.6) is 0 Å². The molecule has 1 aliphatic carbocycles. The van der Waals surface area contributed by atoms with Gasteiger partial charge in [-0.15, -0.1) is 0 Å². The highest BCUT2D eigenvalue weighted by Gasteiger charge is 1.90. The van der Waals surface area contributed by atoms with Gasteiger partial charge in [0.05, 0.1) is 0 Å². The van der Waals surface area contributed by atoms with E-state index in [1.54, 1.807) is 0 Å². The Bertz CT molecular complexity index is 177. The number of rotatable bonds is 0. The molecule has 0 saturated carbocycles. The van der Waals surface area contributed by atoms with Crippen molar-refractivity contribution in [2.75, 3.05) is 0 Å². The molecule has 54 valence electrons. The second-order valence-corrected chi connectivity index (χ2v) is 2.36. The van der Waals surface area contributed by atoms with Crippen LogP contribution >= 0.6 is 0 Å². The van der Waals surface area contributed by atoms with Gasteiger partial charge in [0, 0.05) is 24.2 Å². The number of allylic oxidation sites excluding steroid dienone is 4. The van der Waals surface area contributed by atoms with Crippen molar-refractivity contribution in [2.24, 2.45) is 11.5 Å². The molecule has 0 bridgehead atoms. The topological polar surface area (TPSA) is 52.0 Å². The minimum atomic E-state index is 0.837. The fourth-order valence-electron chi connectivity index (χ4n) is 0.789. The summed E-state index contributed by atoms with van der Waals surface area (Å²) in [6, 6.07) is 0. The van der Waals surface area contributed by atoms with Crippen LogP contribution in [-0.4, -0.2) is 0 Å². The Balaban J connectivity index is 2.75. The lowest BCUT2D eigenvalue weighted by Crippen LogP contribution is -1.99. The van der Waals surface area contributed by atoms with Crippen molar-refractivity contribution in [1.82, 2.24) is 0 Å². The summed E-state index contributed by atoms with van der Waals surface area (Å²) >= 11 is 0. The van der Waals surface area contributed by atoms with E-state index in [0.717, 1.165) is 24.2 Å². The molecule has 0 fully saturated rings. The zero-order valence-corrected chi connectivity index (χ0v) is 5.88. The summed E-state index contributed by atoms with van der Waals surface area (Å²) in [5.41, 5.74) is 12.9.